The molecule has 1 N–H and O–H groups in total. The Kier molecular flexibility index (Phi) is 10.9. The topological polar surface area (TPSA) is 82.1 Å². The maximum absolute atomic E-state index is 12.6. The van der Waals surface area contributed by atoms with Crippen LogP contribution >= 0.6 is 0 Å². The summed E-state index contributed by atoms with van der Waals surface area (Å²) < 4.78 is 16.5. The summed E-state index contributed by atoms with van der Waals surface area (Å²) in [6.07, 6.45) is 13.1. The van der Waals surface area contributed by atoms with Crippen molar-refractivity contribution in [2.45, 2.75) is 89.3 Å². The van der Waals surface area contributed by atoms with E-state index in [9.17, 15) is 14.7 Å². The Hall–Kier alpha value is -2.34. The fourth-order valence-corrected chi connectivity index (χ4v) is 5.14. The van der Waals surface area contributed by atoms with E-state index >= 15 is 0 Å². The lowest BCUT2D eigenvalue weighted by Gasteiger charge is -2.36. The summed E-state index contributed by atoms with van der Waals surface area (Å²) in [6, 6.07) is 7.18. The van der Waals surface area contributed by atoms with Gasteiger partial charge in [-0.2, -0.15) is 0 Å². The zero-order valence-corrected chi connectivity index (χ0v) is 20.3. The van der Waals surface area contributed by atoms with E-state index in [0.29, 0.717) is 24.7 Å². The molecule has 188 valence electrons. The quantitative estimate of drug-likeness (QED) is 0.241. The lowest BCUT2D eigenvalue weighted by molar-refractivity contribution is -0.137. The van der Waals surface area contributed by atoms with Crippen LogP contribution in [-0.4, -0.2) is 42.5 Å². The van der Waals surface area contributed by atoms with E-state index in [1.165, 1.54) is 6.08 Å². The van der Waals surface area contributed by atoms with Crippen molar-refractivity contribution in [1.82, 2.24) is 0 Å². The Balaban J connectivity index is 1.28. The minimum absolute atomic E-state index is 0.00847. The number of hydrogen-bond acceptors (Lipinski definition) is 6. The number of aliphatic hydroxyl groups excluding tert-OH is 1. The molecule has 0 heterocycles. The SMILES string of the molecule is C=CC(=O)OCCCCCCOc1ccc(C(=O)OC2CCC(C3CCC(O)CC3)CC2)cc1. The zero-order valence-electron chi connectivity index (χ0n) is 20.3. The molecule has 2 saturated carbocycles. The minimum Gasteiger partial charge on any atom is -0.494 e. The van der Waals surface area contributed by atoms with Crippen LogP contribution in [0.4, 0.5) is 0 Å². The monoisotopic (exact) mass is 472 g/mol. The minimum atomic E-state index is -0.375. The summed E-state index contributed by atoms with van der Waals surface area (Å²) in [4.78, 5) is 23.5. The first-order valence-electron chi connectivity index (χ1n) is 13.0. The molecule has 1 aromatic carbocycles. The van der Waals surface area contributed by atoms with Crippen molar-refractivity contribution in [2.24, 2.45) is 11.8 Å². The van der Waals surface area contributed by atoms with E-state index in [4.69, 9.17) is 14.2 Å². The predicted molar refractivity (Wildman–Crippen MR) is 131 cm³/mol. The number of benzene rings is 1. The van der Waals surface area contributed by atoms with Crippen molar-refractivity contribution < 1.29 is 28.9 Å². The lowest BCUT2D eigenvalue weighted by Crippen LogP contribution is -2.30. The fraction of sp³-hybridized carbons (Fsp3) is 0.643. The van der Waals surface area contributed by atoms with Crippen LogP contribution in [0.15, 0.2) is 36.9 Å². The van der Waals surface area contributed by atoms with E-state index in [-0.39, 0.29) is 24.1 Å². The van der Waals surface area contributed by atoms with Gasteiger partial charge in [-0.25, -0.2) is 9.59 Å². The Morgan fingerprint density at radius 3 is 2.06 bits per heavy atom. The first kappa shape index (κ1) is 26.3. The molecule has 0 bridgehead atoms. The highest BCUT2D eigenvalue weighted by atomic mass is 16.5. The van der Waals surface area contributed by atoms with Crippen LogP contribution in [0.25, 0.3) is 0 Å². The van der Waals surface area contributed by atoms with Gasteiger partial charge in [-0.1, -0.05) is 6.58 Å². The number of aliphatic hydroxyl groups is 1. The van der Waals surface area contributed by atoms with Gasteiger partial charge in [0.25, 0.3) is 0 Å². The van der Waals surface area contributed by atoms with Crippen LogP contribution in [0.2, 0.25) is 0 Å². The number of esters is 2. The standard InChI is InChI=1S/C28H40O6/c1-2-27(30)33-20-6-4-3-5-19-32-25-15-11-23(12-16-25)28(31)34-26-17-9-22(10-18-26)21-7-13-24(29)14-8-21/h2,11-12,15-16,21-22,24,26,29H,1,3-10,13-14,17-20H2. The molecule has 0 aromatic heterocycles. The van der Waals surface area contributed by atoms with Gasteiger partial charge in [0.05, 0.1) is 24.9 Å². The smallest absolute Gasteiger partial charge is 0.338 e. The number of carbonyl (C=O) groups excluding carboxylic acids is 2. The third-order valence-electron chi connectivity index (χ3n) is 7.21. The summed E-state index contributed by atoms with van der Waals surface area (Å²) >= 11 is 0. The summed E-state index contributed by atoms with van der Waals surface area (Å²) in [7, 11) is 0. The van der Waals surface area contributed by atoms with E-state index in [1.807, 2.05) is 12.1 Å². The molecule has 34 heavy (non-hydrogen) atoms. The molecule has 0 spiro atoms. The number of rotatable bonds is 12. The van der Waals surface area contributed by atoms with Gasteiger partial charge in [-0.15, -0.1) is 0 Å². The van der Waals surface area contributed by atoms with Crippen LogP contribution in [0.1, 0.15) is 87.4 Å². The summed E-state index contributed by atoms with van der Waals surface area (Å²) in [5, 5.41) is 9.72. The number of carbonyl (C=O) groups is 2. The second kappa shape index (κ2) is 14.1. The third-order valence-corrected chi connectivity index (χ3v) is 7.21. The Bertz CT molecular complexity index is 758. The summed E-state index contributed by atoms with van der Waals surface area (Å²) in [5.41, 5.74) is 0.560. The van der Waals surface area contributed by atoms with Gasteiger partial charge >= 0.3 is 11.9 Å². The van der Waals surface area contributed by atoms with Crippen molar-refractivity contribution in [3.05, 3.63) is 42.5 Å². The van der Waals surface area contributed by atoms with Gasteiger partial charge in [0.2, 0.25) is 0 Å². The molecular formula is C28H40O6. The number of ether oxygens (including phenoxy) is 3. The van der Waals surface area contributed by atoms with Gasteiger partial charge < -0.3 is 19.3 Å². The number of unbranched alkanes of at least 4 members (excludes halogenated alkanes) is 3. The molecule has 0 amide bonds. The van der Waals surface area contributed by atoms with Crippen molar-refractivity contribution >= 4 is 11.9 Å². The number of hydrogen-bond donors (Lipinski definition) is 1. The molecule has 0 aliphatic heterocycles. The molecule has 0 unspecified atom stereocenters. The lowest BCUT2D eigenvalue weighted by atomic mass is 9.72. The molecule has 3 rings (SSSR count). The highest BCUT2D eigenvalue weighted by molar-refractivity contribution is 5.89. The van der Waals surface area contributed by atoms with Crippen LogP contribution in [0, 0.1) is 11.8 Å². The molecule has 0 radical (unpaired) electrons. The van der Waals surface area contributed by atoms with Gasteiger partial charge in [0.1, 0.15) is 11.9 Å². The van der Waals surface area contributed by atoms with Crippen molar-refractivity contribution in [1.29, 1.82) is 0 Å². The van der Waals surface area contributed by atoms with E-state index < -0.39 is 0 Å². The van der Waals surface area contributed by atoms with Crippen molar-refractivity contribution in [2.75, 3.05) is 13.2 Å². The summed E-state index contributed by atoms with van der Waals surface area (Å²) in [6.45, 7) is 4.40. The molecule has 1 aromatic rings. The highest BCUT2D eigenvalue weighted by Gasteiger charge is 2.31. The molecule has 2 aliphatic carbocycles. The molecule has 6 nitrogen and oxygen atoms in total. The average Bonchev–Trinajstić information content (AvgIpc) is 2.86. The normalized spacial score (nSPS) is 24.7. The summed E-state index contributed by atoms with van der Waals surface area (Å²) in [5.74, 6) is 1.56. The van der Waals surface area contributed by atoms with Gasteiger partial charge in [0, 0.05) is 6.08 Å². The first-order chi connectivity index (χ1) is 16.5. The Labute approximate surface area is 203 Å². The molecule has 0 saturated heterocycles. The molecule has 2 fully saturated rings. The van der Waals surface area contributed by atoms with Crippen LogP contribution in [0.5, 0.6) is 5.75 Å². The van der Waals surface area contributed by atoms with Gasteiger partial charge in [-0.05, 0) is 113 Å². The predicted octanol–water partition coefficient (Wildman–Crippen LogP) is 5.62. The van der Waals surface area contributed by atoms with Crippen LogP contribution < -0.4 is 4.74 Å². The first-order valence-corrected chi connectivity index (χ1v) is 13.0. The molecule has 6 heteroatoms. The second-order valence-electron chi connectivity index (χ2n) is 9.67. The van der Waals surface area contributed by atoms with E-state index in [1.54, 1.807) is 12.1 Å². The second-order valence-corrected chi connectivity index (χ2v) is 9.67. The largest absolute Gasteiger partial charge is 0.494 e. The third kappa shape index (κ3) is 8.79. The molecular weight excluding hydrogens is 432 g/mol. The van der Waals surface area contributed by atoms with Crippen LogP contribution in [-0.2, 0) is 14.3 Å². The van der Waals surface area contributed by atoms with Crippen molar-refractivity contribution in [3.8, 4) is 5.75 Å². The Morgan fingerprint density at radius 2 is 1.44 bits per heavy atom. The fourth-order valence-electron chi connectivity index (χ4n) is 5.14. The molecule has 2 aliphatic rings. The maximum Gasteiger partial charge on any atom is 0.338 e. The van der Waals surface area contributed by atoms with E-state index in [0.717, 1.165) is 88.7 Å². The highest BCUT2D eigenvalue weighted by Crippen LogP contribution is 2.39. The van der Waals surface area contributed by atoms with Crippen LogP contribution in [0.3, 0.4) is 0 Å². The zero-order chi connectivity index (χ0) is 24.2. The average molecular weight is 473 g/mol. The molecule has 0 atom stereocenters. The van der Waals surface area contributed by atoms with Gasteiger partial charge in [0.15, 0.2) is 0 Å². The Morgan fingerprint density at radius 1 is 0.853 bits per heavy atom. The maximum atomic E-state index is 12.6. The van der Waals surface area contributed by atoms with Gasteiger partial charge in [-0.3, -0.25) is 0 Å². The van der Waals surface area contributed by atoms with Crippen molar-refractivity contribution in [3.63, 3.8) is 0 Å². The van der Waals surface area contributed by atoms with E-state index in [2.05, 4.69) is 6.58 Å².